The number of aliphatic hydroxyl groups excluding tert-OH is 1. The van der Waals surface area contributed by atoms with Crippen molar-refractivity contribution in [2.75, 3.05) is 26.3 Å². The van der Waals surface area contributed by atoms with Gasteiger partial charge in [0.15, 0.2) is 5.75 Å². The van der Waals surface area contributed by atoms with Gasteiger partial charge in [-0.1, -0.05) is 83.3 Å². The van der Waals surface area contributed by atoms with Gasteiger partial charge in [-0.25, -0.2) is 0 Å². The van der Waals surface area contributed by atoms with Gasteiger partial charge in [0, 0.05) is 26.0 Å². The van der Waals surface area contributed by atoms with Crippen LogP contribution in [0.25, 0.3) is 21.6 Å². The molecule has 0 aliphatic carbocycles. The molecule has 1 aliphatic rings. The van der Waals surface area contributed by atoms with Crippen LogP contribution in [-0.2, 0) is 10.2 Å². The first-order valence-electron chi connectivity index (χ1n) is 13.1. The zero-order chi connectivity index (χ0) is 29.0. The van der Waals surface area contributed by atoms with E-state index >= 15 is 0 Å². The molecule has 1 fully saturated rings. The molecule has 0 unspecified atom stereocenters. The lowest BCUT2D eigenvalue weighted by Gasteiger charge is -2.36. The van der Waals surface area contributed by atoms with Gasteiger partial charge in [-0.2, -0.15) is 0 Å². The van der Waals surface area contributed by atoms with Crippen molar-refractivity contribution in [3.63, 3.8) is 0 Å². The lowest BCUT2D eigenvalue weighted by molar-refractivity contribution is -0.126. The number of imide groups is 1. The molecule has 6 nitrogen and oxygen atoms in total. The van der Waals surface area contributed by atoms with E-state index in [9.17, 15) is 14.7 Å². The Balaban J connectivity index is 1.62. The second kappa shape index (κ2) is 12.9. The molecule has 10 heteroatoms. The second-order valence-corrected chi connectivity index (χ2v) is 11.9. The van der Waals surface area contributed by atoms with Gasteiger partial charge in [-0.3, -0.25) is 14.9 Å². The maximum atomic E-state index is 13.9. The number of carbonyl (C=O) groups excluding carboxylic acids is 2. The zero-order valence-corrected chi connectivity index (χ0v) is 25.0. The van der Waals surface area contributed by atoms with Crippen molar-refractivity contribution in [1.29, 1.82) is 0 Å². The minimum atomic E-state index is -0.854. The van der Waals surface area contributed by atoms with Crippen molar-refractivity contribution in [1.82, 2.24) is 10.6 Å². The highest BCUT2D eigenvalue weighted by Crippen LogP contribution is 2.50. The van der Waals surface area contributed by atoms with Crippen LogP contribution in [0.3, 0.4) is 0 Å². The van der Waals surface area contributed by atoms with E-state index in [1.54, 1.807) is 30.3 Å². The summed E-state index contributed by atoms with van der Waals surface area (Å²) < 4.78 is 6.00. The van der Waals surface area contributed by atoms with Crippen molar-refractivity contribution < 1.29 is 19.4 Å². The molecule has 0 spiro atoms. The number of ether oxygens (including phenoxy) is 1. The number of hydrogen-bond donors (Lipinski definition) is 3. The molecule has 1 aromatic heterocycles. The van der Waals surface area contributed by atoms with Gasteiger partial charge in [-0.05, 0) is 61.3 Å². The summed E-state index contributed by atoms with van der Waals surface area (Å²) in [5.74, 6) is -0.707. The molecule has 4 aromatic rings. The maximum absolute atomic E-state index is 13.9. The topological polar surface area (TPSA) is 87.7 Å². The third kappa shape index (κ3) is 6.16. The summed E-state index contributed by atoms with van der Waals surface area (Å²) in [7, 11) is 0. The van der Waals surface area contributed by atoms with Gasteiger partial charge in [0.2, 0.25) is 5.91 Å². The third-order valence-electron chi connectivity index (χ3n) is 7.16. The molecule has 3 aromatic carbocycles. The molecule has 0 bridgehead atoms. The summed E-state index contributed by atoms with van der Waals surface area (Å²) in [5.41, 5.74) is 1.98. The summed E-state index contributed by atoms with van der Waals surface area (Å²) in [4.78, 5) is 28.7. The second-order valence-electron chi connectivity index (χ2n) is 9.65. The quantitative estimate of drug-likeness (QED) is 0.183. The van der Waals surface area contributed by atoms with Crippen LogP contribution in [0.15, 0.2) is 72.8 Å². The number of amides is 2. The van der Waals surface area contributed by atoms with Crippen LogP contribution in [0.4, 0.5) is 0 Å². The number of hydrogen-bond acceptors (Lipinski definition) is 6. The number of thiophene rings is 1. The van der Waals surface area contributed by atoms with E-state index in [-0.39, 0.29) is 29.7 Å². The van der Waals surface area contributed by atoms with Crippen molar-refractivity contribution >= 4 is 58.0 Å². The minimum absolute atomic E-state index is 0.0566. The molecule has 5 rings (SSSR count). The molecular weight excluding hydrogens is 603 g/mol. The van der Waals surface area contributed by atoms with Crippen LogP contribution in [-0.4, -0.2) is 43.2 Å². The standard InChI is InChI=1S/C31H27Cl3N2O4S/c32-21-8-6-19(7-9-21)25-26(40-17-16-37)28(41-27(25)23-11-10-22(33)18-24(23)34)29(38)36-30(39)31(12-14-35-15-13-31)20-4-2-1-3-5-20/h1-11,18,35,37H,12-17H2,(H,36,38,39). The van der Waals surface area contributed by atoms with Crippen LogP contribution in [0.5, 0.6) is 5.75 Å². The number of nitrogens with one attached hydrogen (secondary N) is 2. The fourth-order valence-electron chi connectivity index (χ4n) is 5.13. The fraction of sp³-hybridized carbons (Fsp3) is 0.226. The Morgan fingerprint density at radius 3 is 2.29 bits per heavy atom. The highest BCUT2D eigenvalue weighted by atomic mass is 35.5. The first-order chi connectivity index (χ1) is 19.8. The van der Waals surface area contributed by atoms with E-state index in [1.807, 2.05) is 42.5 Å². The van der Waals surface area contributed by atoms with E-state index in [4.69, 9.17) is 39.5 Å². The minimum Gasteiger partial charge on any atom is -0.489 e. The van der Waals surface area contributed by atoms with Crippen LogP contribution in [0, 0.1) is 0 Å². The van der Waals surface area contributed by atoms with Gasteiger partial charge in [0.1, 0.15) is 11.5 Å². The zero-order valence-electron chi connectivity index (χ0n) is 21.9. The highest BCUT2D eigenvalue weighted by molar-refractivity contribution is 7.18. The van der Waals surface area contributed by atoms with E-state index < -0.39 is 11.3 Å². The molecule has 212 valence electrons. The Labute approximate surface area is 257 Å². The first kappa shape index (κ1) is 29.6. The molecule has 1 saturated heterocycles. The van der Waals surface area contributed by atoms with Gasteiger partial charge in [0.05, 0.1) is 17.0 Å². The van der Waals surface area contributed by atoms with Crippen LogP contribution >= 0.6 is 46.1 Å². The van der Waals surface area contributed by atoms with E-state index in [2.05, 4.69) is 10.6 Å². The predicted molar refractivity (Wildman–Crippen MR) is 165 cm³/mol. The summed E-state index contributed by atoms with van der Waals surface area (Å²) in [5, 5.41) is 17.0. The lowest BCUT2D eigenvalue weighted by Crippen LogP contribution is -2.52. The number of rotatable bonds is 8. The number of aliphatic hydroxyl groups is 1. The molecule has 41 heavy (non-hydrogen) atoms. The summed E-state index contributed by atoms with van der Waals surface area (Å²) in [6, 6.07) is 21.8. The van der Waals surface area contributed by atoms with Gasteiger partial charge >= 0.3 is 0 Å². The lowest BCUT2D eigenvalue weighted by atomic mass is 9.72. The molecule has 0 saturated carbocycles. The fourth-order valence-corrected chi connectivity index (χ4v) is 7.02. The van der Waals surface area contributed by atoms with Gasteiger partial charge in [-0.15, -0.1) is 11.3 Å². The Hall–Kier alpha value is -2.91. The molecule has 2 amide bonds. The summed E-state index contributed by atoms with van der Waals surface area (Å²) in [6.07, 6.45) is 1.10. The van der Waals surface area contributed by atoms with Crippen molar-refractivity contribution in [2.45, 2.75) is 18.3 Å². The molecule has 3 N–H and O–H groups in total. The van der Waals surface area contributed by atoms with Crippen LogP contribution < -0.4 is 15.4 Å². The van der Waals surface area contributed by atoms with Crippen molar-refractivity contribution in [2.24, 2.45) is 0 Å². The highest BCUT2D eigenvalue weighted by Gasteiger charge is 2.42. The Morgan fingerprint density at radius 1 is 0.951 bits per heavy atom. The molecule has 0 radical (unpaired) electrons. The normalized spacial score (nSPS) is 14.4. The number of piperidine rings is 1. The van der Waals surface area contributed by atoms with Crippen molar-refractivity contribution in [3.8, 4) is 27.3 Å². The largest absolute Gasteiger partial charge is 0.489 e. The molecule has 1 aliphatic heterocycles. The molecular formula is C31H27Cl3N2O4S. The number of halogens is 3. The number of carbonyl (C=O) groups is 2. The average Bonchev–Trinajstić information content (AvgIpc) is 3.36. The van der Waals surface area contributed by atoms with E-state index in [0.717, 1.165) is 22.5 Å². The smallest absolute Gasteiger partial charge is 0.271 e. The van der Waals surface area contributed by atoms with E-state index in [1.165, 1.54) is 0 Å². The number of benzene rings is 3. The first-order valence-corrected chi connectivity index (χ1v) is 15.0. The Kier molecular flexibility index (Phi) is 9.34. The summed E-state index contributed by atoms with van der Waals surface area (Å²) in [6.45, 7) is 0.983. The van der Waals surface area contributed by atoms with E-state index in [0.29, 0.717) is 57.0 Å². The van der Waals surface area contributed by atoms with Crippen LogP contribution in [0.1, 0.15) is 28.1 Å². The monoisotopic (exact) mass is 628 g/mol. The molecule has 2 heterocycles. The predicted octanol–water partition coefficient (Wildman–Crippen LogP) is 6.99. The van der Waals surface area contributed by atoms with Crippen LogP contribution in [0.2, 0.25) is 15.1 Å². The molecule has 0 atom stereocenters. The summed E-state index contributed by atoms with van der Waals surface area (Å²) >= 11 is 20.1. The van der Waals surface area contributed by atoms with Gasteiger partial charge in [0.25, 0.3) is 5.91 Å². The van der Waals surface area contributed by atoms with Crippen molar-refractivity contribution in [3.05, 3.63) is 98.3 Å². The Morgan fingerprint density at radius 2 is 1.63 bits per heavy atom. The SMILES string of the molecule is O=C(NC(=O)C1(c2ccccc2)CCNCC1)c1sc(-c2ccc(Cl)cc2Cl)c(-c2ccc(Cl)cc2)c1OCCO. The average molecular weight is 630 g/mol. The van der Waals surface area contributed by atoms with Gasteiger partial charge < -0.3 is 15.2 Å². The maximum Gasteiger partial charge on any atom is 0.271 e. The Bertz CT molecular complexity index is 1550. The third-order valence-corrected chi connectivity index (χ3v) is 9.17.